The van der Waals surface area contributed by atoms with Gasteiger partial charge in [-0.3, -0.25) is 9.59 Å². The smallest absolute Gasteiger partial charge is 0.329 e. The van der Waals surface area contributed by atoms with E-state index in [0.717, 1.165) is 19.3 Å². The molecule has 1 aromatic rings. The van der Waals surface area contributed by atoms with Gasteiger partial charge in [0.05, 0.1) is 12.5 Å². The van der Waals surface area contributed by atoms with Crippen molar-refractivity contribution in [1.82, 2.24) is 10.2 Å². The van der Waals surface area contributed by atoms with E-state index in [2.05, 4.69) is 33.0 Å². The Bertz CT molecular complexity index is 988. The Morgan fingerprint density at radius 1 is 1.11 bits per heavy atom. The lowest BCUT2D eigenvalue weighted by Crippen LogP contribution is -2.51. The van der Waals surface area contributed by atoms with Crippen LogP contribution in [0.4, 0.5) is 0 Å². The van der Waals surface area contributed by atoms with Gasteiger partial charge >= 0.3 is 5.97 Å². The van der Waals surface area contributed by atoms with Crippen LogP contribution in [0.5, 0.6) is 11.5 Å². The van der Waals surface area contributed by atoms with Crippen LogP contribution >= 0.6 is 0 Å². The van der Waals surface area contributed by atoms with Gasteiger partial charge in [-0.1, -0.05) is 33.8 Å². The minimum absolute atomic E-state index is 0.0528. The number of rotatable bonds is 8. The number of amides is 2. The molecule has 4 unspecified atom stereocenters. The van der Waals surface area contributed by atoms with Crippen LogP contribution in [0.25, 0.3) is 0 Å². The van der Waals surface area contributed by atoms with Gasteiger partial charge in [0.25, 0.3) is 0 Å². The zero-order chi connectivity index (χ0) is 26.8. The summed E-state index contributed by atoms with van der Waals surface area (Å²) in [7, 11) is 0. The molecule has 1 aromatic carbocycles. The van der Waals surface area contributed by atoms with E-state index in [-0.39, 0.29) is 46.7 Å². The first kappa shape index (κ1) is 27.8. The Labute approximate surface area is 214 Å². The molecule has 0 spiro atoms. The van der Waals surface area contributed by atoms with Crippen molar-refractivity contribution in [3.05, 3.63) is 23.8 Å². The lowest BCUT2D eigenvalue weighted by molar-refractivity contribution is -0.158. The predicted molar refractivity (Wildman–Crippen MR) is 136 cm³/mol. The highest BCUT2D eigenvalue weighted by Crippen LogP contribution is 2.57. The van der Waals surface area contributed by atoms with Crippen molar-refractivity contribution in [1.29, 1.82) is 0 Å². The third-order valence-electron chi connectivity index (χ3n) is 8.78. The molecule has 200 valence electrons. The Balaban J connectivity index is 1.53. The topological polar surface area (TPSA) is 116 Å². The number of nitrogens with one attached hydrogen (secondary N) is 1. The van der Waals surface area contributed by atoms with Crippen molar-refractivity contribution in [2.45, 2.75) is 98.3 Å². The van der Waals surface area contributed by atoms with Crippen molar-refractivity contribution >= 4 is 17.8 Å². The molecule has 8 nitrogen and oxygen atoms in total. The SMILES string of the molecule is CC(CC1CCC(C)(C)C1(C)C)OC(=O)C1CCCN1C(=O)C(C)NC(=O)Cc1ccc(O)c(O)c1. The fourth-order valence-corrected chi connectivity index (χ4v) is 5.65. The molecular formula is C28H42N2O6. The number of esters is 1. The molecule has 0 aromatic heterocycles. The lowest BCUT2D eigenvalue weighted by Gasteiger charge is -2.40. The van der Waals surface area contributed by atoms with Gasteiger partial charge in [-0.05, 0) is 80.4 Å². The van der Waals surface area contributed by atoms with Gasteiger partial charge in [0.2, 0.25) is 11.8 Å². The first-order valence-electron chi connectivity index (χ1n) is 13.0. The minimum atomic E-state index is -0.810. The number of ether oxygens (including phenoxy) is 1. The third-order valence-corrected chi connectivity index (χ3v) is 8.78. The Hall–Kier alpha value is -2.77. The van der Waals surface area contributed by atoms with Crippen molar-refractivity contribution in [3.8, 4) is 11.5 Å². The molecule has 4 atom stereocenters. The van der Waals surface area contributed by atoms with Gasteiger partial charge in [0.15, 0.2) is 11.5 Å². The number of likely N-dealkylation sites (tertiary alicyclic amines) is 1. The normalized spacial score (nSPS) is 24.2. The van der Waals surface area contributed by atoms with Gasteiger partial charge in [0, 0.05) is 6.54 Å². The number of carbonyl (C=O) groups is 3. The maximum atomic E-state index is 13.1. The molecule has 1 saturated heterocycles. The molecule has 0 bridgehead atoms. The number of phenolic OH excluding ortho intramolecular Hbond substituents is 2. The predicted octanol–water partition coefficient (Wildman–Crippen LogP) is 3.92. The summed E-state index contributed by atoms with van der Waals surface area (Å²) in [6, 6.07) is 2.70. The second-order valence-electron chi connectivity index (χ2n) is 11.8. The number of benzene rings is 1. The molecule has 8 heteroatoms. The molecule has 1 heterocycles. The summed E-state index contributed by atoms with van der Waals surface area (Å²) in [5.41, 5.74) is 0.919. The van der Waals surface area contributed by atoms with Gasteiger partial charge < -0.3 is 25.2 Å². The summed E-state index contributed by atoms with van der Waals surface area (Å²) in [6.45, 7) is 13.2. The molecule has 2 amide bonds. The van der Waals surface area contributed by atoms with Gasteiger partial charge in [-0.15, -0.1) is 0 Å². The number of phenols is 2. The van der Waals surface area contributed by atoms with Crippen molar-refractivity contribution < 1.29 is 29.3 Å². The van der Waals surface area contributed by atoms with Crippen molar-refractivity contribution in [3.63, 3.8) is 0 Å². The second-order valence-corrected chi connectivity index (χ2v) is 11.8. The fourth-order valence-electron chi connectivity index (χ4n) is 5.65. The van der Waals surface area contributed by atoms with Crippen molar-refractivity contribution in [2.24, 2.45) is 16.7 Å². The first-order chi connectivity index (χ1) is 16.7. The lowest BCUT2D eigenvalue weighted by atomic mass is 9.66. The van der Waals surface area contributed by atoms with Crippen LogP contribution < -0.4 is 5.32 Å². The van der Waals surface area contributed by atoms with E-state index in [1.54, 1.807) is 6.92 Å². The average molecular weight is 503 g/mol. The Morgan fingerprint density at radius 3 is 2.42 bits per heavy atom. The van der Waals surface area contributed by atoms with Gasteiger partial charge in [-0.25, -0.2) is 4.79 Å². The van der Waals surface area contributed by atoms with E-state index in [9.17, 15) is 24.6 Å². The molecule has 2 aliphatic rings. The largest absolute Gasteiger partial charge is 0.504 e. The molecule has 0 radical (unpaired) electrons. The fraction of sp³-hybridized carbons (Fsp3) is 0.679. The van der Waals surface area contributed by atoms with E-state index >= 15 is 0 Å². The number of hydrogen-bond donors (Lipinski definition) is 3. The highest BCUT2D eigenvalue weighted by atomic mass is 16.5. The Kier molecular flexibility index (Phi) is 8.26. The molecule has 3 N–H and O–H groups in total. The third kappa shape index (κ3) is 5.95. The average Bonchev–Trinajstić information content (AvgIpc) is 3.34. The van der Waals surface area contributed by atoms with Crippen LogP contribution in [0.2, 0.25) is 0 Å². The maximum Gasteiger partial charge on any atom is 0.329 e. The van der Waals surface area contributed by atoms with Crippen LogP contribution in [-0.4, -0.2) is 57.6 Å². The standard InChI is InChI=1S/C28H42N2O6/c1-17(14-20-11-12-27(3,4)28(20,5)6)36-26(35)21-8-7-13-30(21)25(34)18(2)29-24(33)16-19-9-10-22(31)23(32)15-19/h9-10,15,17-18,20-21,31-32H,7-8,11-14,16H2,1-6H3,(H,29,33). The van der Waals surface area contributed by atoms with E-state index in [4.69, 9.17) is 4.74 Å². The summed E-state index contributed by atoms with van der Waals surface area (Å²) in [5, 5.41) is 21.7. The van der Waals surface area contributed by atoms with Crippen molar-refractivity contribution in [2.75, 3.05) is 6.54 Å². The van der Waals surface area contributed by atoms with Crippen LogP contribution in [0.1, 0.15) is 79.2 Å². The molecular weight excluding hydrogens is 460 g/mol. The van der Waals surface area contributed by atoms with E-state index in [1.165, 1.54) is 23.1 Å². The van der Waals surface area contributed by atoms with Crippen LogP contribution in [0.3, 0.4) is 0 Å². The van der Waals surface area contributed by atoms with E-state index in [0.29, 0.717) is 30.9 Å². The number of aromatic hydroxyl groups is 2. The zero-order valence-corrected chi connectivity index (χ0v) is 22.5. The van der Waals surface area contributed by atoms with Gasteiger partial charge in [-0.2, -0.15) is 0 Å². The summed E-state index contributed by atoms with van der Waals surface area (Å²) < 4.78 is 5.83. The number of hydrogen-bond acceptors (Lipinski definition) is 6. The molecule has 1 saturated carbocycles. The zero-order valence-electron chi connectivity index (χ0n) is 22.5. The van der Waals surface area contributed by atoms with Crippen LogP contribution in [0, 0.1) is 16.7 Å². The first-order valence-corrected chi connectivity index (χ1v) is 13.0. The molecule has 1 aliphatic heterocycles. The highest BCUT2D eigenvalue weighted by Gasteiger charge is 2.48. The number of nitrogens with zero attached hydrogens (tertiary/aromatic N) is 1. The van der Waals surface area contributed by atoms with Crippen LogP contribution in [-0.2, 0) is 25.5 Å². The maximum absolute atomic E-state index is 13.1. The molecule has 2 fully saturated rings. The Morgan fingerprint density at radius 2 is 1.81 bits per heavy atom. The molecule has 3 rings (SSSR count). The summed E-state index contributed by atoms with van der Waals surface area (Å²) in [5.74, 6) is -1.18. The van der Waals surface area contributed by atoms with E-state index < -0.39 is 18.0 Å². The monoisotopic (exact) mass is 502 g/mol. The molecule has 36 heavy (non-hydrogen) atoms. The van der Waals surface area contributed by atoms with Gasteiger partial charge in [0.1, 0.15) is 12.1 Å². The van der Waals surface area contributed by atoms with Crippen LogP contribution in [0.15, 0.2) is 18.2 Å². The van der Waals surface area contributed by atoms with E-state index in [1.807, 2.05) is 6.92 Å². The highest BCUT2D eigenvalue weighted by molar-refractivity contribution is 5.91. The minimum Gasteiger partial charge on any atom is -0.504 e. The summed E-state index contributed by atoms with van der Waals surface area (Å²) in [4.78, 5) is 40.1. The molecule has 1 aliphatic carbocycles. The number of carbonyl (C=O) groups excluding carboxylic acids is 3. The summed E-state index contributed by atoms with van der Waals surface area (Å²) >= 11 is 0. The second kappa shape index (κ2) is 10.7. The quantitative estimate of drug-likeness (QED) is 0.367. The summed E-state index contributed by atoms with van der Waals surface area (Å²) in [6.07, 6.45) is 4.06.